The molecule has 3 amide bonds. The highest BCUT2D eigenvalue weighted by molar-refractivity contribution is 5.92. The van der Waals surface area contributed by atoms with Gasteiger partial charge in [0.25, 0.3) is 0 Å². The lowest BCUT2D eigenvalue weighted by atomic mass is 9.99. The van der Waals surface area contributed by atoms with Crippen LogP contribution in [-0.2, 0) is 20.7 Å². The summed E-state index contributed by atoms with van der Waals surface area (Å²) in [4.78, 5) is 41.8. The van der Waals surface area contributed by atoms with Crippen molar-refractivity contribution in [3.8, 4) is 12.3 Å². The Balaban J connectivity index is 2.52. The van der Waals surface area contributed by atoms with Crippen LogP contribution in [0.4, 0.5) is 4.79 Å². The lowest BCUT2D eigenvalue weighted by Crippen LogP contribution is -2.55. The van der Waals surface area contributed by atoms with Crippen LogP contribution in [0.3, 0.4) is 0 Å². The van der Waals surface area contributed by atoms with Crippen molar-refractivity contribution in [1.82, 2.24) is 15.5 Å². The Morgan fingerprint density at radius 3 is 2.23 bits per heavy atom. The average molecular weight is 536 g/mol. The van der Waals surface area contributed by atoms with E-state index in [2.05, 4.69) is 16.6 Å². The molecule has 3 atom stereocenters. The molecule has 0 spiro atoms. The van der Waals surface area contributed by atoms with Gasteiger partial charge in [-0.05, 0) is 57.4 Å². The summed E-state index contributed by atoms with van der Waals surface area (Å²) >= 11 is 0. The third kappa shape index (κ3) is 10.1. The van der Waals surface area contributed by atoms with Crippen molar-refractivity contribution in [2.45, 2.75) is 77.6 Å². The largest absolute Gasteiger partial charge is 0.444 e. The van der Waals surface area contributed by atoms with Crippen LogP contribution in [0.25, 0.3) is 0 Å². The first-order valence-corrected chi connectivity index (χ1v) is 13.3. The molecule has 8 nitrogen and oxygen atoms in total. The molecular weight excluding hydrogens is 494 g/mol. The van der Waals surface area contributed by atoms with Crippen molar-refractivity contribution in [3.63, 3.8) is 0 Å². The summed E-state index contributed by atoms with van der Waals surface area (Å²) in [5, 5.41) is 15.6. The molecule has 3 unspecified atom stereocenters. The van der Waals surface area contributed by atoms with Gasteiger partial charge in [0.15, 0.2) is 0 Å². The van der Waals surface area contributed by atoms with Crippen LogP contribution in [0.15, 0.2) is 54.6 Å². The van der Waals surface area contributed by atoms with Crippen LogP contribution in [0.2, 0.25) is 0 Å². The summed E-state index contributed by atoms with van der Waals surface area (Å²) in [5.74, 6) is 1.64. The molecule has 0 fully saturated rings. The second kappa shape index (κ2) is 14.9. The molecule has 0 aliphatic heterocycles. The highest BCUT2D eigenvalue weighted by Gasteiger charge is 2.36. The van der Waals surface area contributed by atoms with Gasteiger partial charge in [0.2, 0.25) is 11.8 Å². The summed E-state index contributed by atoms with van der Waals surface area (Å²) in [6.45, 7) is 8.62. The Hall–Kier alpha value is -3.83. The fraction of sp³-hybridized carbons (Fsp3) is 0.452. The van der Waals surface area contributed by atoms with Gasteiger partial charge in [-0.1, -0.05) is 61.7 Å². The fourth-order valence-electron chi connectivity index (χ4n) is 4.24. The van der Waals surface area contributed by atoms with E-state index in [1.807, 2.05) is 44.2 Å². The summed E-state index contributed by atoms with van der Waals surface area (Å²) < 4.78 is 5.43. The molecular formula is C31H41N3O5. The molecule has 2 aromatic rings. The van der Waals surface area contributed by atoms with Crippen LogP contribution < -0.4 is 10.6 Å². The Kier molecular flexibility index (Phi) is 12.0. The number of amides is 3. The minimum absolute atomic E-state index is 0.124. The van der Waals surface area contributed by atoms with Crippen LogP contribution in [0.1, 0.15) is 70.2 Å². The number of nitrogens with one attached hydrogen (secondary N) is 2. The number of aliphatic hydroxyl groups excluding tert-OH is 1. The lowest BCUT2D eigenvalue weighted by Gasteiger charge is -2.34. The first-order valence-electron chi connectivity index (χ1n) is 13.3. The smallest absolute Gasteiger partial charge is 0.408 e. The molecule has 0 saturated heterocycles. The lowest BCUT2D eigenvalue weighted by molar-refractivity contribution is -0.143. The minimum Gasteiger partial charge on any atom is -0.444 e. The Bertz CT molecular complexity index is 1120. The monoisotopic (exact) mass is 535 g/mol. The maximum absolute atomic E-state index is 14.1. The second-order valence-electron chi connectivity index (χ2n) is 10.5. The molecule has 0 aliphatic carbocycles. The number of carbonyl (C=O) groups is 3. The first kappa shape index (κ1) is 31.4. The molecule has 2 rings (SSSR count). The van der Waals surface area contributed by atoms with Crippen molar-refractivity contribution >= 4 is 17.9 Å². The standard InChI is InChI=1S/C31H41N3O5/c1-7-12-22(3)32-28(36)27(25-17-15-23(8-2)16-18-25)34(19-20-35)29(37)26(21-24-13-10-9-11-14-24)33-30(38)39-31(4,5)6/h2,9-11,13-18,22,26-27,35H,7,12,19-21H2,1,3-6H3,(H,32,36)(H,33,38). The molecule has 3 N–H and O–H groups in total. The molecule has 2 aromatic carbocycles. The van der Waals surface area contributed by atoms with E-state index < -0.39 is 29.7 Å². The normalized spacial score (nSPS) is 13.4. The Labute approximate surface area is 232 Å². The quantitative estimate of drug-likeness (QED) is 0.357. The third-order valence-electron chi connectivity index (χ3n) is 5.96. The predicted molar refractivity (Wildman–Crippen MR) is 152 cm³/mol. The number of rotatable bonds is 12. The van der Waals surface area contributed by atoms with E-state index in [4.69, 9.17) is 11.2 Å². The van der Waals surface area contributed by atoms with Gasteiger partial charge in [-0.25, -0.2) is 4.79 Å². The Morgan fingerprint density at radius 2 is 1.69 bits per heavy atom. The van der Waals surface area contributed by atoms with Gasteiger partial charge < -0.3 is 25.4 Å². The number of hydrogen-bond donors (Lipinski definition) is 3. The van der Waals surface area contributed by atoms with Gasteiger partial charge in [-0.2, -0.15) is 0 Å². The predicted octanol–water partition coefficient (Wildman–Crippen LogP) is 3.97. The average Bonchev–Trinajstić information content (AvgIpc) is 2.87. The van der Waals surface area contributed by atoms with E-state index in [9.17, 15) is 19.5 Å². The number of aliphatic hydroxyl groups is 1. The van der Waals surface area contributed by atoms with Gasteiger partial charge in [0, 0.05) is 24.6 Å². The molecule has 39 heavy (non-hydrogen) atoms. The zero-order chi connectivity index (χ0) is 29.0. The van der Waals surface area contributed by atoms with Crippen molar-refractivity contribution in [1.29, 1.82) is 0 Å². The summed E-state index contributed by atoms with van der Waals surface area (Å²) in [6, 6.07) is 13.8. The highest BCUT2D eigenvalue weighted by atomic mass is 16.6. The number of terminal acetylenes is 1. The molecule has 0 aliphatic rings. The summed E-state index contributed by atoms with van der Waals surface area (Å²) in [5.41, 5.74) is 1.21. The van der Waals surface area contributed by atoms with E-state index in [1.165, 1.54) is 4.90 Å². The van der Waals surface area contributed by atoms with Gasteiger partial charge in [-0.3, -0.25) is 9.59 Å². The molecule has 210 valence electrons. The zero-order valence-electron chi connectivity index (χ0n) is 23.6. The number of benzene rings is 2. The van der Waals surface area contributed by atoms with E-state index in [0.717, 1.165) is 18.4 Å². The first-order chi connectivity index (χ1) is 18.5. The molecule has 0 saturated carbocycles. The summed E-state index contributed by atoms with van der Waals surface area (Å²) in [6.07, 6.45) is 6.57. The highest BCUT2D eigenvalue weighted by Crippen LogP contribution is 2.24. The summed E-state index contributed by atoms with van der Waals surface area (Å²) in [7, 11) is 0. The maximum atomic E-state index is 14.1. The number of hydrogen-bond acceptors (Lipinski definition) is 5. The number of carbonyl (C=O) groups excluding carboxylic acids is 3. The van der Waals surface area contributed by atoms with Crippen LogP contribution >= 0.6 is 0 Å². The van der Waals surface area contributed by atoms with E-state index >= 15 is 0 Å². The van der Waals surface area contributed by atoms with E-state index in [-0.39, 0.29) is 31.5 Å². The van der Waals surface area contributed by atoms with Gasteiger partial charge >= 0.3 is 6.09 Å². The van der Waals surface area contributed by atoms with Crippen molar-refractivity contribution in [3.05, 3.63) is 71.3 Å². The third-order valence-corrected chi connectivity index (χ3v) is 5.96. The topological polar surface area (TPSA) is 108 Å². The van der Waals surface area contributed by atoms with Crippen LogP contribution in [0, 0.1) is 12.3 Å². The molecule has 0 heterocycles. The van der Waals surface area contributed by atoms with E-state index in [0.29, 0.717) is 11.1 Å². The SMILES string of the molecule is C#Cc1ccc(C(C(=O)NC(C)CCC)N(CCO)C(=O)C(Cc2ccccc2)NC(=O)OC(C)(C)C)cc1. The van der Waals surface area contributed by atoms with Gasteiger partial charge in [0.05, 0.1) is 6.61 Å². The van der Waals surface area contributed by atoms with Gasteiger partial charge in [0.1, 0.15) is 17.7 Å². The maximum Gasteiger partial charge on any atom is 0.408 e. The molecule has 8 heteroatoms. The number of ether oxygens (including phenoxy) is 1. The van der Waals surface area contributed by atoms with Gasteiger partial charge in [-0.15, -0.1) is 6.42 Å². The fourth-order valence-corrected chi connectivity index (χ4v) is 4.24. The van der Waals surface area contributed by atoms with Crippen molar-refractivity contribution < 1.29 is 24.2 Å². The second-order valence-corrected chi connectivity index (χ2v) is 10.5. The van der Waals surface area contributed by atoms with Crippen molar-refractivity contribution in [2.75, 3.05) is 13.2 Å². The van der Waals surface area contributed by atoms with Crippen molar-refractivity contribution in [2.24, 2.45) is 0 Å². The van der Waals surface area contributed by atoms with Crippen LogP contribution in [0.5, 0.6) is 0 Å². The van der Waals surface area contributed by atoms with E-state index in [1.54, 1.807) is 45.0 Å². The molecule has 0 bridgehead atoms. The molecule has 0 radical (unpaired) electrons. The Morgan fingerprint density at radius 1 is 1.05 bits per heavy atom. The van der Waals surface area contributed by atoms with Crippen LogP contribution in [-0.4, -0.2) is 58.8 Å². The zero-order valence-corrected chi connectivity index (χ0v) is 23.6. The number of nitrogens with zero attached hydrogens (tertiary/aromatic N) is 1. The number of alkyl carbamates (subject to hydrolysis) is 1. The minimum atomic E-state index is -1.06. The molecule has 0 aromatic heterocycles.